The fraction of sp³-hybridized carbons (Fsp3) is 0.450. The van der Waals surface area contributed by atoms with Gasteiger partial charge < -0.3 is 4.90 Å². The molecule has 0 N–H and O–H groups in total. The van der Waals surface area contributed by atoms with Crippen molar-refractivity contribution in [3.05, 3.63) is 56.9 Å². The second-order valence-electron chi connectivity index (χ2n) is 7.25. The van der Waals surface area contributed by atoms with E-state index >= 15 is 0 Å². The first-order chi connectivity index (χ1) is 13.9. The Morgan fingerprint density at radius 2 is 1.93 bits per heavy atom. The van der Waals surface area contributed by atoms with Crippen LogP contribution < -0.4 is 0 Å². The zero-order valence-corrected chi connectivity index (χ0v) is 16.7. The van der Waals surface area contributed by atoms with Crippen molar-refractivity contribution in [3.8, 4) is 6.07 Å². The summed E-state index contributed by atoms with van der Waals surface area (Å²) in [6.07, 6.45) is 0.860. The van der Waals surface area contributed by atoms with E-state index in [-0.39, 0.29) is 18.1 Å². The molecule has 9 heteroatoms. The first-order valence-electron chi connectivity index (χ1n) is 9.56. The average Bonchev–Trinajstić information content (AvgIpc) is 2.85. The van der Waals surface area contributed by atoms with Crippen molar-refractivity contribution < 1.29 is 9.72 Å². The molecule has 1 fully saturated rings. The number of nitriles is 1. The molecular formula is C20H24N6O3. The van der Waals surface area contributed by atoms with Gasteiger partial charge in [-0.15, -0.1) is 0 Å². The minimum Gasteiger partial charge on any atom is -0.340 e. The number of hydrogen-bond donors (Lipinski definition) is 0. The van der Waals surface area contributed by atoms with Crippen molar-refractivity contribution in [2.75, 3.05) is 26.2 Å². The number of carbonyl (C=O) groups is 1. The second kappa shape index (κ2) is 8.84. The Morgan fingerprint density at radius 3 is 2.55 bits per heavy atom. The van der Waals surface area contributed by atoms with E-state index in [2.05, 4.69) is 16.1 Å². The van der Waals surface area contributed by atoms with Crippen LogP contribution in [0.4, 0.5) is 5.69 Å². The summed E-state index contributed by atoms with van der Waals surface area (Å²) in [6, 6.07) is 9.67. The van der Waals surface area contributed by atoms with Gasteiger partial charge in [-0.2, -0.15) is 10.4 Å². The molecule has 0 unspecified atom stereocenters. The number of nitrogens with zero attached hydrogens (tertiary/aromatic N) is 6. The van der Waals surface area contributed by atoms with Gasteiger partial charge in [0.25, 0.3) is 0 Å². The van der Waals surface area contributed by atoms with Crippen LogP contribution in [-0.4, -0.2) is 56.6 Å². The van der Waals surface area contributed by atoms with Gasteiger partial charge in [-0.05, 0) is 38.0 Å². The van der Waals surface area contributed by atoms with E-state index in [0.29, 0.717) is 30.0 Å². The number of carbonyl (C=O) groups excluding carboxylic acids is 1. The fourth-order valence-electron chi connectivity index (χ4n) is 3.66. The zero-order valence-electron chi connectivity index (χ0n) is 16.7. The number of amides is 1. The van der Waals surface area contributed by atoms with Gasteiger partial charge in [-0.3, -0.25) is 24.5 Å². The van der Waals surface area contributed by atoms with Gasteiger partial charge >= 0.3 is 5.69 Å². The maximum absolute atomic E-state index is 12.7. The molecule has 2 aromatic rings. The van der Waals surface area contributed by atoms with Crippen LogP contribution in [0.1, 0.15) is 28.9 Å². The largest absolute Gasteiger partial charge is 0.340 e. The monoisotopic (exact) mass is 396 g/mol. The molecule has 0 aliphatic carbocycles. The average molecular weight is 396 g/mol. The summed E-state index contributed by atoms with van der Waals surface area (Å²) in [5, 5.41) is 24.2. The van der Waals surface area contributed by atoms with E-state index in [1.54, 1.807) is 18.7 Å². The molecule has 1 aromatic carbocycles. The predicted molar refractivity (Wildman–Crippen MR) is 106 cm³/mol. The Hall–Kier alpha value is -3.25. The van der Waals surface area contributed by atoms with Crippen LogP contribution in [0.15, 0.2) is 24.3 Å². The molecule has 1 amide bonds. The van der Waals surface area contributed by atoms with Crippen LogP contribution >= 0.6 is 0 Å². The van der Waals surface area contributed by atoms with Crippen LogP contribution in [0.3, 0.4) is 0 Å². The third-order valence-electron chi connectivity index (χ3n) is 5.24. The zero-order chi connectivity index (χ0) is 21.0. The summed E-state index contributed by atoms with van der Waals surface area (Å²) in [7, 11) is 0. The summed E-state index contributed by atoms with van der Waals surface area (Å²) in [6.45, 7) is 6.89. The Kier molecular flexibility index (Phi) is 6.24. The van der Waals surface area contributed by atoms with Gasteiger partial charge in [0.1, 0.15) is 17.9 Å². The highest BCUT2D eigenvalue weighted by molar-refractivity contribution is 5.76. The van der Waals surface area contributed by atoms with Crippen LogP contribution in [-0.2, 0) is 17.9 Å². The third kappa shape index (κ3) is 4.78. The van der Waals surface area contributed by atoms with Crippen molar-refractivity contribution in [2.24, 2.45) is 0 Å². The third-order valence-corrected chi connectivity index (χ3v) is 5.24. The smallest absolute Gasteiger partial charge is 0.312 e. The van der Waals surface area contributed by atoms with Gasteiger partial charge in [0.15, 0.2) is 0 Å². The van der Waals surface area contributed by atoms with Crippen LogP contribution in [0, 0.1) is 35.3 Å². The lowest BCUT2D eigenvalue weighted by molar-refractivity contribution is -0.386. The highest BCUT2D eigenvalue weighted by atomic mass is 16.6. The van der Waals surface area contributed by atoms with E-state index in [9.17, 15) is 14.9 Å². The van der Waals surface area contributed by atoms with E-state index in [1.807, 2.05) is 24.3 Å². The molecule has 0 bridgehead atoms. The van der Waals surface area contributed by atoms with Crippen molar-refractivity contribution in [1.29, 1.82) is 5.26 Å². The lowest BCUT2D eigenvalue weighted by Crippen LogP contribution is -2.37. The van der Waals surface area contributed by atoms with Crippen molar-refractivity contribution >= 4 is 11.6 Å². The Bertz CT molecular complexity index is 944. The topological polar surface area (TPSA) is 108 Å². The van der Waals surface area contributed by atoms with E-state index in [1.165, 1.54) is 4.68 Å². The lowest BCUT2D eigenvalue weighted by Gasteiger charge is -2.22. The van der Waals surface area contributed by atoms with Crippen molar-refractivity contribution in [1.82, 2.24) is 19.6 Å². The highest BCUT2D eigenvalue weighted by Gasteiger charge is 2.25. The molecule has 9 nitrogen and oxygen atoms in total. The molecule has 1 saturated heterocycles. The summed E-state index contributed by atoms with van der Waals surface area (Å²) in [5.74, 6) is -0.0780. The molecule has 0 atom stereocenters. The number of hydrogen-bond acceptors (Lipinski definition) is 6. The van der Waals surface area contributed by atoms with E-state index in [0.717, 1.165) is 31.6 Å². The number of rotatable bonds is 5. The fourth-order valence-corrected chi connectivity index (χ4v) is 3.66. The quantitative estimate of drug-likeness (QED) is 0.565. The van der Waals surface area contributed by atoms with Crippen LogP contribution in [0.2, 0.25) is 0 Å². The number of benzene rings is 1. The van der Waals surface area contributed by atoms with Gasteiger partial charge in [-0.1, -0.05) is 12.1 Å². The Morgan fingerprint density at radius 1 is 1.21 bits per heavy atom. The van der Waals surface area contributed by atoms with Crippen molar-refractivity contribution in [3.63, 3.8) is 0 Å². The standard InChI is InChI=1S/C20H24N6O3/c1-15-20(26(28)29)16(2)25(22-15)14-19(27)24-9-3-8-23(10-11-24)13-18-6-4-17(12-21)5-7-18/h4-7H,3,8-11,13-14H2,1-2H3. The SMILES string of the molecule is Cc1nn(CC(=O)N2CCCN(Cc3ccc(C#N)cc3)CC2)c(C)c1[N+](=O)[O-]. The molecule has 1 aliphatic rings. The van der Waals surface area contributed by atoms with Gasteiger partial charge in [0.2, 0.25) is 5.91 Å². The minimum absolute atomic E-state index is 0.0101. The summed E-state index contributed by atoms with van der Waals surface area (Å²) in [4.78, 5) is 27.5. The number of aromatic nitrogens is 2. The molecule has 29 heavy (non-hydrogen) atoms. The molecule has 0 saturated carbocycles. The molecule has 152 valence electrons. The minimum atomic E-state index is -0.453. The first kappa shape index (κ1) is 20.5. The highest BCUT2D eigenvalue weighted by Crippen LogP contribution is 2.22. The van der Waals surface area contributed by atoms with E-state index < -0.39 is 4.92 Å². The van der Waals surface area contributed by atoms with Gasteiger partial charge in [0, 0.05) is 32.7 Å². The summed E-state index contributed by atoms with van der Waals surface area (Å²) in [5.41, 5.74) is 2.48. The molecular weight excluding hydrogens is 372 g/mol. The predicted octanol–water partition coefficient (Wildman–Crippen LogP) is 2.01. The lowest BCUT2D eigenvalue weighted by atomic mass is 10.1. The van der Waals surface area contributed by atoms with Gasteiger partial charge in [-0.25, -0.2) is 0 Å². The molecule has 2 heterocycles. The molecule has 3 rings (SSSR count). The van der Waals surface area contributed by atoms with Crippen LogP contribution in [0.25, 0.3) is 0 Å². The van der Waals surface area contributed by atoms with Crippen LogP contribution in [0.5, 0.6) is 0 Å². The first-order valence-corrected chi connectivity index (χ1v) is 9.56. The number of nitro groups is 1. The summed E-state index contributed by atoms with van der Waals surface area (Å²) < 4.78 is 1.43. The normalized spacial score (nSPS) is 15.0. The Labute approximate surface area is 169 Å². The van der Waals surface area contributed by atoms with Gasteiger partial charge in [0.05, 0.1) is 16.6 Å². The van der Waals surface area contributed by atoms with Crippen molar-refractivity contribution in [2.45, 2.75) is 33.4 Å². The molecule has 0 radical (unpaired) electrons. The maximum Gasteiger partial charge on any atom is 0.312 e. The Balaban J connectivity index is 1.59. The number of aryl methyl sites for hydroxylation is 1. The molecule has 1 aromatic heterocycles. The summed E-state index contributed by atoms with van der Waals surface area (Å²) >= 11 is 0. The maximum atomic E-state index is 12.7. The molecule has 1 aliphatic heterocycles. The second-order valence-corrected chi connectivity index (χ2v) is 7.25. The van der Waals surface area contributed by atoms with E-state index in [4.69, 9.17) is 5.26 Å². The molecule has 0 spiro atoms.